The van der Waals surface area contributed by atoms with Crippen molar-refractivity contribution in [1.29, 1.82) is 0 Å². The Morgan fingerprint density at radius 1 is 0.741 bits per heavy atom. The van der Waals surface area contributed by atoms with Crippen molar-refractivity contribution in [3.05, 3.63) is 71.8 Å². The predicted molar refractivity (Wildman–Crippen MR) is 113 cm³/mol. The van der Waals surface area contributed by atoms with E-state index >= 15 is 0 Å². The molecule has 0 aliphatic heterocycles. The molecule has 4 unspecified atom stereocenters. The van der Waals surface area contributed by atoms with Crippen LogP contribution in [0.3, 0.4) is 0 Å². The van der Waals surface area contributed by atoms with Crippen LogP contribution in [-0.2, 0) is 14.3 Å². The summed E-state index contributed by atoms with van der Waals surface area (Å²) >= 11 is 8.22. The zero-order chi connectivity index (χ0) is 19.8. The van der Waals surface area contributed by atoms with Crippen molar-refractivity contribution in [2.45, 2.75) is 24.3 Å². The first-order valence-electron chi connectivity index (χ1n) is 8.55. The third kappa shape index (κ3) is 5.67. The number of hydrogen-bond acceptors (Lipinski definition) is 7. The van der Waals surface area contributed by atoms with E-state index < -0.39 is 24.3 Å². The minimum atomic E-state index is -1.00. The van der Waals surface area contributed by atoms with Gasteiger partial charge in [-0.2, -0.15) is 25.3 Å². The van der Waals surface area contributed by atoms with Crippen molar-refractivity contribution in [3.8, 4) is 0 Å². The van der Waals surface area contributed by atoms with Gasteiger partial charge in [-0.1, -0.05) is 60.7 Å². The molecule has 2 rings (SSSR count). The van der Waals surface area contributed by atoms with E-state index in [2.05, 4.69) is 25.3 Å². The first-order chi connectivity index (χ1) is 13.0. The summed E-state index contributed by atoms with van der Waals surface area (Å²) in [4.78, 5) is 25.7. The smallest absolute Gasteiger partial charge is 0.183 e. The lowest BCUT2D eigenvalue weighted by Crippen LogP contribution is -2.41. The van der Waals surface area contributed by atoms with E-state index in [0.717, 1.165) is 0 Å². The van der Waals surface area contributed by atoms with Crippen molar-refractivity contribution in [2.24, 2.45) is 11.5 Å². The van der Waals surface area contributed by atoms with Gasteiger partial charge >= 0.3 is 0 Å². The van der Waals surface area contributed by atoms with Crippen LogP contribution in [-0.4, -0.2) is 35.2 Å². The molecular formula is C20H24N2O3S2. The number of rotatable bonds is 10. The number of carbonyl (C=O) groups is 2. The molecule has 0 bridgehead atoms. The highest BCUT2D eigenvalue weighted by atomic mass is 32.1. The number of ether oxygens (including phenoxy) is 1. The lowest BCUT2D eigenvalue weighted by Gasteiger charge is -2.27. The van der Waals surface area contributed by atoms with Crippen LogP contribution in [0.1, 0.15) is 23.3 Å². The minimum Gasteiger partial charge on any atom is -0.350 e. The Bertz CT molecular complexity index is 680. The molecule has 4 atom stereocenters. The van der Waals surface area contributed by atoms with E-state index in [4.69, 9.17) is 16.2 Å². The number of benzene rings is 2. The molecular weight excluding hydrogens is 380 g/mol. The Labute approximate surface area is 170 Å². The highest BCUT2D eigenvalue weighted by Crippen LogP contribution is 2.30. The zero-order valence-corrected chi connectivity index (χ0v) is 16.6. The summed E-state index contributed by atoms with van der Waals surface area (Å²) in [5.41, 5.74) is 13.0. The fourth-order valence-electron chi connectivity index (χ4n) is 2.58. The van der Waals surface area contributed by atoms with Gasteiger partial charge in [0.1, 0.15) is 12.2 Å². The van der Waals surface area contributed by atoms with Crippen LogP contribution in [0.2, 0.25) is 0 Å². The van der Waals surface area contributed by atoms with Crippen LogP contribution in [0, 0.1) is 0 Å². The Hall–Kier alpha value is -1.64. The topological polar surface area (TPSA) is 95.4 Å². The molecule has 5 nitrogen and oxygen atoms in total. The summed E-state index contributed by atoms with van der Waals surface area (Å²) in [6, 6.07) is 16.3. The molecule has 0 heterocycles. The maximum Gasteiger partial charge on any atom is 0.183 e. The van der Waals surface area contributed by atoms with Crippen LogP contribution in [0.25, 0.3) is 0 Å². The molecule has 7 heteroatoms. The third-order valence-corrected chi connectivity index (χ3v) is 4.90. The van der Waals surface area contributed by atoms with E-state index in [1.54, 1.807) is 48.5 Å². The summed E-state index contributed by atoms with van der Waals surface area (Å²) in [5, 5.41) is 0. The van der Waals surface area contributed by atoms with Crippen molar-refractivity contribution >= 4 is 36.8 Å². The standard InChI is InChI=1S/C20H24N2O3S2/c21-15(11-26)17(23)19(13-7-3-1-4-8-13)25-20(18(24)16(22)12-27)14-9-5-2-6-10-14/h1-10,15-16,19-20,26-27H,11-12,21-22H2. The highest BCUT2D eigenvalue weighted by molar-refractivity contribution is 7.80. The van der Waals surface area contributed by atoms with Gasteiger partial charge in [0.25, 0.3) is 0 Å². The summed E-state index contributed by atoms with van der Waals surface area (Å²) in [6.45, 7) is 0. The molecule has 0 aliphatic carbocycles. The van der Waals surface area contributed by atoms with Crippen molar-refractivity contribution < 1.29 is 14.3 Å². The second-order valence-electron chi connectivity index (χ2n) is 6.10. The lowest BCUT2D eigenvalue weighted by molar-refractivity contribution is -0.145. The quantitative estimate of drug-likeness (QED) is 0.455. The number of Topliss-reactive ketones (excluding diaryl/α,β-unsaturated/α-hetero) is 2. The van der Waals surface area contributed by atoms with E-state index in [1.807, 2.05) is 12.1 Å². The maximum atomic E-state index is 12.8. The minimum absolute atomic E-state index is 0.172. The average molecular weight is 405 g/mol. The van der Waals surface area contributed by atoms with Crippen molar-refractivity contribution in [2.75, 3.05) is 11.5 Å². The highest BCUT2D eigenvalue weighted by Gasteiger charge is 2.34. The fourth-order valence-corrected chi connectivity index (χ4v) is 2.94. The molecule has 0 saturated heterocycles. The fraction of sp³-hybridized carbons (Fsp3) is 0.300. The molecule has 0 aliphatic rings. The molecule has 144 valence electrons. The van der Waals surface area contributed by atoms with Gasteiger partial charge in [0, 0.05) is 11.5 Å². The predicted octanol–water partition coefficient (Wildman–Crippen LogP) is 2.14. The first kappa shape index (κ1) is 21.7. The molecule has 0 fully saturated rings. The molecule has 27 heavy (non-hydrogen) atoms. The number of ketones is 2. The Morgan fingerprint density at radius 2 is 1.07 bits per heavy atom. The van der Waals surface area contributed by atoms with Crippen LogP contribution in [0.15, 0.2) is 60.7 Å². The second-order valence-corrected chi connectivity index (χ2v) is 6.83. The van der Waals surface area contributed by atoms with Gasteiger partial charge in [-0.25, -0.2) is 0 Å². The number of thiol groups is 2. The Morgan fingerprint density at radius 3 is 1.37 bits per heavy atom. The van der Waals surface area contributed by atoms with Crippen LogP contribution < -0.4 is 11.5 Å². The first-order valence-corrected chi connectivity index (χ1v) is 9.81. The summed E-state index contributed by atoms with van der Waals surface area (Å²) in [6.07, 6.45) is -2.01. The van der Waals surface area contributed by atoms with Crippen LogP contribution >= 0.6 is 25.3 Å². The second kappa shape index (κ2) is 10.6. The lowest BCUT2D eigenvalue weighted by atomic mass is 9.98. The molecule has 0 saturated carbocycles. The molecule has 2 aromatic rings. The van der Waals surface area contributed by atoms with Gasteiger partial charge < -0.3 is 16.2 Å². The molecule has 0 amide bonds. The van der Waals surface area contributed by atoms with E-state index in [0.29, 0.717) is 11.1 Å². The van der Waals surface area contributed by atoms with Crippen molar-refractivity contribution in [1.82, 2.24) is 0 Å². The van der Waals surface area contributed by atoms with Crippen LogP contribution in [0.5, 0.6) is 0 Å². The van der Waals surface area contributed by atoms with Gasteiger partial charge in [0.05, 0.1) is 12.1 Å². The van der Waals surface area contributed by atoms with Crippen LogP contribution in [0.4, 0.5) is 0 Å². The summed E-state index contributed by atoms with van der Waals surface area (Å²) in [7, 11) is 0. The summed E-state index contributed by atoms with van der Waals surface area (Å²) < 4.78 is 6.07. The Balaban J connectivity index is 2.43. The Kier molecular flexibility index (Phi) is 8.53. The van der Waals surface area contributed by atoms with Gasteiger partial charge in [-0.05, 0) is 11.1 Å². The van der Waals surface area contributed by atoms with Gasteiger partial charge in [0.2, 0.25) is 0 Å². The largest absolute Gasteiger partial charge is 0.350 e. The van der Waals surface area contributed by atoms with Gasteiger partial charge in [-0.3, -0.25) is 9.59 Å². The molecule has 2 aromatic carbocycles. The third-order valence-electron chi connectivity index (χ3n) is 4.12. The number of hydrogen-bond donors (Lipinski definition) is 4. The van der Waals surface area contributed by atoms with E-state index in [1.165, 1.54) is 0 Å². The van der Waals surface area contributed by atoms with Gasteiger partial charge in [-0.15, -0.1) is 0 Å². The zero-order valence-electron chi connectivity index (χ0n) is 14.8. The summed E-state index contributed by atoms with van der Waals surface area (Å²) in [5.74, 6) is -0.342. The number of carbonyl (C=O) groups excluding carboxylic acids is 2. The van der Waals surface area contributed by atoms with E-state index in [9.17, 15) is 9.59 Å². The van der Waals surface area contributed by atoms with Gasteiger partial charge in [0.15, 0.2) is 11.6 Å². The molecule has 0 radical (unpaired) electrons. The molecule has 4 N–H and O–H groups in total. The monoisotopic (exact) mass is 404 g/mol. The normalized spacial score (nSPS) is 15.6. The maximum absolute atomic E-state index is 12.8. The SMILES string of the molecule is NC(CS)C(=O)C(OC(C(=O)C(N)CS)c1ccccc1)c1ccccc1. The van der Waals surface area contributed by atoms with Crippen molar-refractivity contribution in [3.63, 3.8) is 0 Å². The average Bonchev–Trinajstić information content (AvgIpc) is 2.73. The number of nitrogens with two attached hydrogens (primary N) is 2. The molecule has 0 aromatic heterocycles. The molecule has 0 spiro atoms. The van der Waals surface area contributed by atoms with E-state index in [-0.39, 0.29) is 23.1 Å².